The Kier molecular flexibility index (Phi) is 8.40. The zero-order chi connectivity index (χ0) is 22.1. The average Bonchev–Trinajstić information content (AvgIpc) is 2.73. The van der Waals surface area contributed by atoms with Crippen molar-refractivity contribution >= 4 is 51.1 Å². The van der Waals surface area contributed by atoms with Crippen molar-refractivity contribution in [2.45, 2.75) is 10.1 Å². The summed E-state index contributed by atoms with van der Waals surface area (Å²) in [6, 6.07) is 8.83. The number of carboxylic acid groups (broad SMARTS) is 1. The molecule has 11 nitrogen and oxygen atoms in total. The van der Waals surface area contributed by atoms with Crippen molar-refractivity contribution in [3.8, 4) is 0 Å². The van der Waals surface area contributed by atoms with Crippen LogP contribution in [0.15, 0.2) is 65.0 Å². The smallest absolute Gasteiger partial charge is 0.338 e. The molecule has 0 spiro atoms. The number of pyridine rings is 3. The van der Waals surface area contributed by atoms with E-state index in [1.807, 2.05) is 0 Å². The number of carboxylic acids is 1. The highest BCUT2D eigenvalue weighted by Crippen LogP contribution is 2.35. The zero-order valence-electron chi connectivity index (χ0n) is 14.7. The average molecular weight is 465 g/mol. The zero-order valence-corrected chi connectivity index (χ0v) is 17.1. The Morgan fingerprint density at radius 3 is 1.77 bits per heavy atom. The minimum absolute atomic E-state index is 0.0761. The first-order chi connectivity index (χ1) is 14.3. The SMILES string of the molecule is O=C(O)c1ccc[nH]c1=S.O=[N+]([O-])c1ccc(SSc2ccc([N+](=O)[O-])cn2)nc1. The topological polar surface area (TPSA) is 165 Å². The van der Waals surface area contributed by atoms with Crippen molar-refractivity contribution in [2.24, 2.45) is 0 Å². The lowest BCUT2D eigenvalue weighted by Crippen LogP contribution is -1.97. The van der Waals surface area contributed by atoms with E-state index >= 15 is 0 Å². The number of aromatic amines is 1. The van der Waals surface area contributed by atoms with Crippen molar-refractivity contribution < 1.29 is 19.7 Å². The Balaban J connectivity index is 0.000000269. The molecule has 0 fully saturated rings. The number of nitro groups is 2. The van der Waals surface area contributed by atoms with E-state index in [0.29, 0.717) is 10.1 Å². The Labute approximate surface area is 181 Å². The number of aromatic nitrogens is 3. The van der Waals surface area contributed by atoms with Crippen LogP contribution in [0.3, 0.4) is 0 Å². The van der Waals surface area contributed by atoms with Crippen LogP contribution in [0.25, 0.3) is 0 Å². The summed E-state index contributed by atoms with van der Waals surface area (Å²) in [5, 5.41) is 30.6. The number of H-pyrrole nitrogens is 1. The van der Waals surface area contributed by atoms with E-state index in [2.05, 4.69) is 15.0 Å². The summed E-state index contributed by atoms with van der Waals surface area (Å²) in [5.74, 6) is -0.998. The van der Waals surface area contributed by atoms with Gasteiger partial charge in [-0.05, 0) is 45.9 Å². The van der Waals surface area contributed by atoms with Gasteiger partial charge in [-0.25, -0.2) is 14.8 Å². The first-order valence-corrected chi connectivity index (χ1v) is 10.3. The lowest BCUT2D eigenvalue weighted by Gasteiger charge is -1.99. The Morgan fingerprint density at radius 2 is 1.47 bits per heavy atom. The number of nitrogens with one attached hydrogen (secondary N) is 1. The fourth-order valence-electron chi connectivity index (χ4n) is 1.73. The molecule has 0 bridgehead atoms. The molecule has 0 aliphatic heterocycles. The van der Waals surface area contributed by atoms with Gasteiger partial charge >= 0.3 is 5.97 Å². The number of nitrogens with zero attached hydrogens (tertiary/aromatic N) is 4. The van der Waals surface area contributed by atoms with E-state index in [1.54, 1.807) is 12.3 Å². The second-order valence-corrected chi connectivity index (χ2v) is 7.69. The molecule has 0 saturated carbocycles. The van der Waals surface area contributed by atoms with Crippen molar-refractivity contribution in [3.05, 3.63) is 85.4 Å². The number of rotatable bonds is 6. The minimum Gasteiger partial charge on any atom is -0.478 e. The summed E-state index contributed by atoms with van der Waals surface area (Å²) < 4.78 is 0.259. The molecular weight excluding hydrogens is 454 g/mol. The van der Waals surface area contributed by atoms with Crippen LogP contribution in [0.2, 0.25) is 0 Å². The number of hydrogen-bond donors (Lipinski definition) is 2. The van der Waals surface area contributed by atoms with Gasteiger partial charge in [0.25, 0.3) is 11.4 Å². The van der Waals surface area contributed by atoms with E-state index in [9.17, 15) is 25.0 Å². The van der Waals surface area contributed by atoms with Gasteiger partial charge in [-0.3, -0.25) is 20.2 Å². The molecule has 3 aromatic heterocycles. The van der Waals surface area contributed by atoms with Gasteiger partial charge < -0.3 is 10.1 Å². The van der Waals surface area contributed by atoms with E-state index in [1.165, 1.54) is 64.3 Å². The second-order valence-electron chi connectivity index (χ2n) is 5.11. The van der Waals surface area contributed by atoms with Gasteiger partial charge in [0, 0.05) is 18.3 Å². The molecule has 3 rings (SSSR count). The van der Waals surface area contributed by atoms with E-state index in [-0.39, 0.29) is 21.6 Å². The highest BCUT2D eigenvalue weighted by molar-refractivity contribution is 8.76. The summed E-state index contributed by atoms with van der Waals surface area (Å²) in [7, 11) is 2.52. The molecule has 0 atom stereocenters. The van der Waals surface area contributed by atoms with Crippen LogP contribution >= 0.6 is 33.8 Å². The van der Waals surface area contributed by atoms with Crippen LogP contribution in [0.4, 0.5) is 11.4 Å². The Morgan fingerprint density at radius 1 is 0.967 bits per heavy atom. The summed E-state index contributed by atoms with van der Waals surface area (Å²) in [5.41, 5.74) is -0.0156. The van der Waals surface area contributed by atoms with Crippen LogP contribution in [0, 0.1) is 24.9 Å². The molecule has 14 heteroatoms. The predicted octanol–water partition coefficient (Wildman–Crippen LogP) is 4.53. The second kappa shape index (κ2) is 11.0. The van der Waals surface area contributed by atoms with E-state index in [0.717, 1.165) is 0 Å². The van der Waals surface area contributed by atoms with Crippen LogP contribution in [-0.4, -0.2) is 35.9 Å². The Bertz CT molecular complexity index is 1050. The maximum atomic E-state index is 10.5. The Hall–Kier alpha value is -3.36. The van der Waals surface area contributed by atoms with Gasteiger partial charge in [0.1, 0.15) is 27.1 Å². The summed E-state index contributed by atoms with van der Waals surface area (Å²) in [4.78, 5) is 40.7. The van der Waals surface area contributed by atoms with Crippen molar-refractivity contribution in [2.75, 3.05) is 0 Å². The maximum absolute atomic E-state index is 10.5. The van der Waals surface area contributed by atoms with Gasteiger partial charge in [0.2, 0.25) is 0 Å². The fourth-order valence-corrected chi connectivity index (χ4v) is 3.67. The quantitative estimate of drug-likeness (QED) is 0.227. The number of aromatic carboxylic acids is 1. The van der Waals surface area contributed by atoms with Crippen LogP contribution in [-0.2, 0) is 0 Å². The van der Waals surface area contributed by atoms with Crippen LogP contribution in [0.1, 0.15) is 10.4 Å². The monoisotopic (exact) mass is 465 g/mol. The van der Waals surface area contributed by atoms with Crippen molar-refractivity contribution in [3.63, 3.8) is 0 Å². The van der Waals surface area contributed by atoms with E-state index in [4.69, 9.17) is 17.3 Å². The minimum atomic E-state index is -0.998. The van der Waals surface area contributed by atoms with Crippen LogP contribution in [0.5, 0.6) is 0 Å². The molecule has 2 N–H and O–H groups in total. The molecule has 0 aliphatic carbocycles. The molecule has 0 amide bonds. The third-order valence-electron chi connectivity index (χ3n) is 3.12. The number of carbonyl (C=O) groups is 1. The van der Waals surface area contributed by atoms with Crippen LogP contribution < -0.4 is 0 Å². The van der Waals surface area contributed by atoms with Gasteiger partial charge in [-0.1, -0.05) is 12.2 Å². The largest absolute Gasteiger partial charge is 0.478 e. The standard InChI is InChI=1S/C10H6N4O4S2.C6H5NO2S/c15-13(16)7-1-3-9(11-5-7)19-20-10-4-2-8(6-12-10)14(17)18;8-6(9)4-2-1-3-7-5(4)10/h1-6H;1-3H,(H,7,10)(H,8,9). The van der Waals surface area contributed by atoms with Gasteiger partial charge in [0.15, 0.2) is 0 Å². The predicted molar refractivity (Wildman–Crippen MR) is 112 cm³/mol. The normalized spacial score (nSPS) is 9.87. The molecule has 3 heterocycles. The first kappa shape index (κ1) is 22.9. The molecule has 0 aliphatic rings. The lowest BCUT2D eigenvalue weighted by atomic mass is 10.3. The van der Waals surface area contributed by atoms with E-state index < -0.39 is 15.8 Å². The summed E-state index contributed by atoms with van der Waals surface area (Å²) in [6.45, 7) is 0. The molecule has 0 saturated heterocycles. The highest BCUT2D eigenvalue weighted by Gasteiger charge is 2.08. The van der Waals surface area contributed by atoms with Crippen molar-refractivity contribution in [1.29, 1.82) is 0 Å². The van der Waals surface area contributed by atoms with Gasteiger partial charge in [-0.15, -0.1) is 0 Å². The molecular formula is C16H11N5O6S3. The molecule has 154 valence electrons. The maximum Gasteiger partial charge on any atom is 0.338 e. The molecule has 0 unspecified atom stereocenters. The molecule has 3 aromatic rings. The van der Waals surface area contributed by atoms with Gasteiger partial charge in [0.05, 0.1) is 15.4 Å². The first-order valence-electron chi connectivity index (χ1n) is 7.74. The number of hydrogen-bond acceptors (Lipinski definition) is 10. The lowest BCUT2D eigenvalue weighted by molar-refractivity contribution is -0.385. The van der Waals surface area contributed by atoms with Crippen molar-refractivity contribution in [1.82, 2.24) is 15.0 Å². The summed E-state index contributed by atoms with van der Waals surface area (Å²) >= 11 is 4.69. The third-order valence-corrected chi connectivity index (χ3v) is 5.64. The molecule has 0 aromatic carbocycles. The highest BCUT2D eigenvalue weighted by atomic mass is 33.1. The molecule has 0 radical (unpaired) electrons. The van der Waals surface area contributed by atoms with Gasteiger partial charge in [-0.2, -0.15) is 0 Å². The third kappa shape index (κ3) is 6.91. The molecule has 30 heavy (non-hydrogen) atoms. The fraction of sp³-hybridized carbons (Fsp3) is 0. The summed E-state index contributed by atoms with van der Waals surface area (Å²) in [6.07, 6.45) is 3.94.